The Morgan fingerprint density at radius 1 is 1.22 bits per heavy atom. The molecule has 0 spiro atoms. The molecule has 3 rings (SSSR count). The highest BCUT2D eigenvalue weighted by Gasteiger charge is 2.38. The topological polar surface area (TPSA) is 33.3 Å². The smallest absolute Gasteiger partial charge is 0.0721 e. The van der Waals surface area contributed by atoms with Gasteiger partial charge in [0.25, 0.3) is 0 Å². The first kappa shape index (κ1) is 12.6. The van der Waals surface area contributed by atoms with Crippen LogP contribution in [0.1, 0.15) is 18.4 Å². The molecule has 4 atom stereocenters. The molecule has 1 saturated heterocycles. The summed E-state index contributed by atoms with van der Waals surface area (Å²) in [6.45, 7) is 1.78. The Balaban J connectivity index is 1.56. The SMILES string of the molecule is BrC1CC2NNCC2CC1OCc1ccccc1. The van der Waals surface area contributed by atoms with Gasteiger partial charge in [-0.1, -0.05) is 46.3 Å². The highest BCUT2D eigenvalue weighted by molar-refractivity contribution is 9.09. The fourth-order valence-electron chi connectivity index (χ4n) is 2.87. The van der Waals surface area contributed by atoms with E-state index in [0.29, 0.717) is 29.5 Å². The predicted octanol–water partition coefficient (Wildman–Crippen LogP) is 2.22. The second-order valence-corrected chi connectivity index (χ2v) is 6.39. The Hall–Kier alpha value is -0.420. The number of hydrogen-bond donors (Lipinski definition) is 2. The van der Waals surface area contributed by atoms with Crippen molar-refractivity contribution in [3.8, 4) is 0 Å². The van der Waals surface area contributed by atoms with E-state index in [4.69, 9.17) is 4.74 Å². The van der Waals surface area contributed by atoms with Crippen LogP contribution >= 0.6 is 15.9 Å². The van der Waals surface area contributed by atoms with E-state index in [-0.39, 0.29) is 0 Å². The first-order chi connectivity index (χ1) is 8.83. The molecule has 4 unspecified atom stereocenters. The van der Waals surface area contributed by atoms with Gasteiger partial charge in [-0.25, -0.2) is 0 Å². The number of fused-ring (bicyclic) bond motifs is 1. The van der Waals surface area contributed by atoms with Crippen molar-refractivity contribution >= 4 is 15.9 Å². The van der Waals surface area contributed by atoms with Gasteiger partial charge < -0.3 is 4.74 Å². The van der Waals surface area contributed by atoms with Crippen LogP contribution in [0.5, 0.6) is 0 Å². The third-order valence-corrected chi connectivity index (χ3v) is 4.91. The number of nitrogens with one attached hydrogen (secondary N) is 2. The van der Waals surface area contributed by atoms with Crippen LogP contribution in [0, 0.1) is 5.92 Å². The normalized spacial score (nSPS) is 35.4. The molecular weight excluding hydrogens is 292 g/mol. The summed E-state index contributed by atoms with van der Waals surface area (Å²) >= 11 is 3.77. The fourth-order valence-corrected chi connectivity index (χ4v) is 3.64. The van der Waals surface area contributed by atoms with E-state index in [2.05, 4.69) is 51.0 Å². The van der Waals surface area contributed by atoms with Crippen LogP contribution in [-0.2, 0) is 11.3 Å². The Morgan fingerprint density at radius 2 is 2.06 bits per heavy atom. The van der Waals surface area contributed by atoms with Gasteiger partial charge in [0.2, 0.25) is 0 Å². The van der Waals surface area contributed by atoms with Crippen molar-refractivity contribution in [3.63, 3.8) is 0 Å². The molecule has 4 heteroatoms. The molecule has 0 radical (unpaired) electrons. The largest absolute Gasteiger partial charge is 0.372 e. The van der Waals surface area contributed by atoms with Crippen LogP contribution in [0.15, 0.2) is 30.3 Å². The summed E-state index contributed by atoms with van der Waals surface area (Å²) in [5, 5.41) is 0. The molecule has 1 aromatic rings. The lowest BCUT2D eigenvalue weighted by atomic mass is 9.84. The van der Waals surface area contributed by atoms with Gasteiger partial charge in [-0.15, -0.1) is 0 Å². The monoisotopic (exact) mass is 310 g/mol. The summed E-state index contributed by atoms with van der Waals surface area (Å²) in [6, 6.07) is 11.0. The average molecular weight is 311 g/mol. The summed E-state index contributed by atoms with van der Waals surface area (Å²) in [7, 11) is 0. The van der Waals surface area contributed by atoms with Crippen molar-refractivity contribution in [3.05, 3.63) is 35.9 Å². The molecule has 1 saturated carbocycles. The van der Waals surface area contributed by atoms with Gasteiger partial charge in [0, 0.05) is 17.4 Å². The maximum absolute atomic E-state index is 6.09. The van der Waals surface area contributed by atoms with Gasteiger partial charge in [-0.2, -0.15) is 0 Å². The Kier molecular flexibility index (Phi) is 3.99. The Morgan fingerprint density at radius 3 is 2.89 bits per heavy atom. The van der Waals surface area contributed by atoms with E-state index in [9.17, 15) is 0 Å². The lowest BCUT2D eigenvalue weighted by Gasteiger charge is -2.34. The number of alkyl halides is 1. The zero-order chi connectivity index (χ0) is 12.4. The second-order valence-electron chi connectivity index (χ2n) is 5.21. The molecule has 3 nitrogen and oxygen atoms in total. The molecule has 0 amide bonds. The predicted molar refractivity (Wildman–Crippen MR) is 75.4 cm³/mol. The summed E-state index contributed by atoms with van der Waals surface area (Å²) in [5.74, 6) is 0.708. The quantitative estimate of drug-likeness (QED) is 0.840. The number of benzene rings is 1. The molecule has 18 heavy (non-hydrogen) atoms. The lowest BCUT2D eigenvalue weighted by molar-refractivity contribution is 0.00718. The van der Waals surface area contributed by atoms with Crippen molar-refractivity contribution in [1.82, 2.24) is 10.9 Å². The van der Waals surface area contributed by atoms with E-state index in [0.717, 1.165) is 19.4 Å². The molecule has 2 N–H and O–H groups in total. The molecule has 1 aliphatic heterocycles. The third-order valence-electron chi connectivity index (χ3n) is 3.95. The average Bonchev–Trinajstić information content (AvgIpc) is 2.84. The maximum atomic E-state index is 6.09. The van der Waals surface area contributed by atoms with Crippen LogP contribution in [-0.4, -0.2) is 23.5 Å². The van der Waals surface area contributed by atoms with Crippen molar-refractivity contribution in [2.75, 3.05) is 6.54 Å². The standard InChI is InChI=1S/C14H19BrN2O/c15-12-7-13-11(8-16-17-13)6-14(12)18-9-10-4-2-1-3-5-10/h1-5,11-14,16-17H,6-9H2. The van der Waals surface area contributed by atoms with Gasteiger partial charge in [0.05, 0.1) is 12.7 Å². The van der Waals surface area contributed by atoms with E-state index < -0.39 is 0 Å². The van der Waals surface area contributed by atoms with Gasteiger partial charge in [0.15, 0.2) is 0 Å². The zero-order valence-corrected chi connectivity index (χ0v) is 11.9. The highest BCUT2D eigenvalue weighted by Crippen LogP contribution is 2.33. The van der Waals surface area contributed by atoms with Crippen molar-refractivity contribution in [1.29, 1.82) is 0 Å². The van der Waals surface area contributed by atoms with Gasteiger partial charge in [-0.3, -0.25) is 10.9 Å². The highest BCUT2D eigenvalue weighted by atomic mass is 79.9. The summed E-state index contributed by atoms with van der Waals surface area (Å²) in [4.78, 5) is 0.454. The number of rotatable bonds is 3. The van der Waals surface area contributed by atoms with Crippen molar-refractivity contribution in [2.24, 2.45) is 5.92 Å². The molecule has 0 bridgehead atoms. The Bertz CT molecular complexity index is 387. The van der Waals surface area contributed by atoms with Gasteiger partial charge >= 0.3 is 0 Å². The van der Waals surface area contributed by atoms with E-state index >= 15 is 0 Å². The first-order valence-corrected chi connectivity index (χ1v) is 7.52. The molecule has 1 aromatic carbocycles. The molecule has 0 aromatic heterocycles. The van der Waals surface area contributed by atoms with Crippen molar-refractivity contribution < 1.29 is 4.74 Å². The molecule has 2 aliphatic rings. The summed E-state index contributed by atoms with van der Waals surface area (Å²) in [5.41, 5.74) is 7.85. The first-order valence-electron chi connectivity index (χ1n) is 6.61. The van der Waals surface area contributed by atoms with Gasteiger partial charge in [0.1, 0.15) is 0 Å². The van der Waals surface area contributed by atoms with Gasteiger partial charge in [-0.05, 0) is 24.3 Å². The van der Waals surface area contributed by atoms with Crippen LogP contribution in [0.3, 0.4) is 0 Å². The van der Waals surface area contributed by atoms with Crippen LogP contribution < -0.4 is 10.9 Å². The number of halogens is 1. The summed E-state index contributed by atoms with van der Waals surface area (Å²) < 4.78 is 6.09. The summed E-state index contributed by atoms with van der Waals surface area (Å²) in [6.07, 6.45) is 2.60. The Labute approximate surface area is 116 Å². The van der Waals surface area contributed by atoms with E-state index in [1.165, 1.54) is 5.56 Å². The molecule has 1 heterocycles. The maximum Gasteiger partial charge on any atom is 0.0721 e. The third kappa shape index (κ3) is 2.77. The fraction of sp³-hybridized carbons (Fsp3) is 0.571. The number of ether oxygens (including phenoxy) is 1. The zero-order valence-electron chi connectivity index (χ0n) is 10.3. The number of hydrazine groups is 1. The van der Waals surface area contributed by atoms with E-state index in [1.807, 2.05) is 6.07 Å². The minimum Gasteiger partial charge on any atom is -0.372 e. The van der Waals surface area contributed by atoms with Crippen molar-refractivity contribution in [2.45, 2.75) is 36.4 Å². The minimum absolute atomic E-state index is 0.327. The minimum atomic E-state index is 0.327. The second kappa shape index (κ2) is 5.70. The van der Waals surface area contributed by atoms with E-state index in [1.54, 1.807) is 0 Å². The molecule has 1 aliphatic carbocycles. The number of hydrogen-bond acceptors (Lipinski definition) is 3. The van der Waals surface area contributed by atoms with Crippen LogP contribution in [0.2, 0.25) is 0 Å². The van der Waals surface area contributed by atoms with Crippen LogP contribution in [0.4, 0.5) is 0 Å². The lowest BCUT2D eigenvalue weighted by Crippen LogP contribution is -2.43. The molecular formula is C14H19BrN2O. The molecule has 2 fully saturated rings. The van der Waals surface area contributed by atoms with Crippen LogP contribution in [0.25, 0.3) is 0 Å². The molecule has 98 valence electrons.